The van der Waals surface area contributed by atoms with E-state index >= 15 is 0 Å². The number of benzene rings is 2. The predicted molar refractivity (Wildman–Crippen MR) is 186 cm³/mol. The highest BCUT2D eigenvalue weighted by atomic mass is 79.9. The number of methoxy groups -OCH3 is 2. The van der Waals surface area contributed by atoms with Gasteiger partial charge in [-0.2, -0.15) is 0 Å². The van der Waals surface area contributed by atoms with Crippen LogP contribution in [0.4, 0.5) is 0 Å². The van der Waals surface area contributed by atoms with Crippen molar-refractivity contribution in [3.63, 3.8) is 0 Å². The number of hydrogen-bond donors (Lipinski definition) is 1. The van der Waals surface area contributed by atoms with Gasteiger partial charge in [0.2, 0.25) is 5.91 Å². The Morgan fingerprint density at radius 3 is 2.61 bits per heavy atom. The SMILES string of the molecule is COc1ccc(Br)cc1Cc1c(CNC(=O)CCC(C)Cc2ccc(OC)c(OCCN3CCCCC3)c2Cl)nc2ccccn12. The van der Waals surface area contributed by atoms with Gasteiger partial charge in [0.05, 0.1) is 37.2 Å². The third kappa shape index (κ3) is 8.75. The summed E-state index contributed by atoms with van der Waals surface area (Å²) in [5.74, 6) is 2.30. The van der Waals surface area contributed by atoms with Crippen molar-refractivity contribution >= 4 is 39.1 Å². The van der Waals surface area contributed by atoms with E-state index in [1.165, 1.54) is 19.3 Å². The number of carbonyl (C=O) groups is 1. The molecule has 2 aromatic carbocycles. The molecule has 1 unspecified atom stereocenters. The number of carbonyl (C=O) groups excluding carboxylic acids is 1. The van der Waals surface area contributed by atoms with Crippen molar-refractivity contribution in [2.45, 2.75) is 58.4 Å². The van der Waals surface area contributed by atoms with Gasteiger partial charge in [-0.05, 0) is 86.7 Å². The summed E-state index contributed by atoms with van der Waals surface area (Å²) in [5, 5.41) is 3.70. The number of amides is 1. The Balaban J connectivity index is 1.17. The van der Waals surface area contributed by atoms with Crippen molar-refractivity contribution in [1.29, 1.82) is 0 Å². The fourth-order valence-electron chi connectivity index (χ4n) is 6.11. The number of imidazole rings is 1. The van der Waals surface area contributed by atoms with Crippen LogP contribution < -0.4 is 19.5 Å². The normalized spacial score (nSPS) is 14.3. The van der Waals surface area contributed by atoms with Crippen LogP contribution in [0.2, 0.25) is 5.02 Å². The summed E-state index contributed by atoms with van der Waals surface area (Å²) in [6.07, 6.45) is 8.31. The summed E-state index contributed by atoms with van der Waals surface area (Å²) < 4.78 is 20.4. The molecule has 4 aromatic rings. The molecule has 0 spiro atoms. The molecule has 10 heteroatoms. The monoisotopic (exact) mass is 710 g/mol. The van der Waals surface area contributed by atoms with Crippen molar-refractivity contribution < 1.29 is 19.0 Å². The summed E-state index contributed by atoms with van der Waals surface area (Å²) in [4.78, 5) is 20.3. The van der Waals surface area contributed by atoms with Gasteiger partial charge in [0.1, 0.15) is 18.0 Å². The molecule has 0 bridgehead atoms. The molecule has 46 heavy (non-hydrogen) atoms. The molecule has 1 atom stereocenters. The van der Waals surface area contributed by atoms with Gasteiger partial charge in [0.15, 0.2) is 11.5 Å². The number of aromatic nitrogens is 2. The van der Waals surface area contributed by atoms with Gasteiger partial charge in [-0.15, -0.1) is 0 Å². The minimum atomic E-state index is -0.00236. The van der Waals surface area contributed by atoms with Crippen LogP contribution in [0, 0.1) is 5.92 Å². The van der Waals surface area contributed by atoms with Crippen molar-refractivity contribution in [3.05, 3.63) is 86.7 Å². The molecule has 1 N–H and O–H groups in total. The topological polar surface area (TPSA) is 77.3 Å². The molecule has 2 aromatic heterocycles. The van der Waals surface area contributed by atoms with E-state index < -0.39 is 0 Å². The average Bonchev–Trinajstić information content (AvgIpc) is 3.42. The Labute approximate surface area is 285 Å². The molecule has 3 heterocycles. The summed E-state index contributed by atoms with van der Waals surface area (Å²) in [5.41, 5.74) is 4.74. The lowest BCUT2D eigenvalue weighted by Gasteiger charge is -2.26. The summed E-state index contributed by atoms with van der Waals surface area (Å²) in [6.45, 7) is 6.20. The molecule has 1 amide bonds. The third-order valence-corrected chi connectivity index (χ3v) is 9.57. The van der Waals surface area contributed by atoms with Crippen LogP contribution in [-0.2, 0) is 24.2 Å². The van der Waals surface area contributed by atoms with E-state index in [-0.39, 0.29) is 11.8 Å². The first kappa shape index (κ1) is 34.1. The zero-order chi connectivity index (χ0) is 32.5. The number of hydrogen-bond acceptors (Lipinski definition) is 6. The second kappa shape index (κ2) is 16.5. The van der Waals surface area contributed by atoms with E-state index in [1.807, 2.05) is 48.7 Å². The molecule has 0 saturated carbocycles. The summed E-state index contributed by atoms with van der Waals surface area (Å²) in [6, 6.07) is 15.8. The van der Waals surface area contributed by atoms with E-state index in [0.29, 0.717) is 42.5 Å². The van der Waals surface area contributed by atoms with Gasteiger partial charge in [-0.1, -0.05) is 53.0 Å². The Morgan fingerprint density at radius 1 is 1.04 bits per heavy atom. The fraction of sp³-hybridized carbons (Fsp3) is 0.444. The Bertz CT molecular complexity index is 1620. The third-order valence-electron chi connectivity index (χ3n) is 8.66. The summed E-state index contributed by atoms with van der Waals surface area (Å²) in [7, 11) is 3.31. The lowest BCUT2D eigenvalue weighted by molar-refractivity contribution is -0.121. The number of nitrogens with zero attached hydrogens (tertiary/aromatic N) is 3. The molecule has 1 saturated heterocycles. The van der Waals surface area contributed by atoms with Gasteiger partial charge >= 0.3 is 0 Å². The smallest absolute Gasteiger partial charge is 0.220 e. The number of halogens is 2. The van der Waals surface area contributed by atoms with Crippen LogP contribution in [0.5, 0.6) is 17.2 Å². The quantitative estimate of drug-likeness (QED) is 0.138. The molecule has 246 valence electrons. The molecular weight excluding hydrogens is 668 g/mol. The number of likely N-dealkylation sites (tertiary alicyclic amines) is 1. The Hall–Kier alpha value is -3.27. The van der Waals surface area contributed by atoms with Crippen molar-refractivity contribution in [3.8, 4) is 17.2 Å². The van der Waals surface area contributed by atoms with Crippen molar-refractivity contribution in [1.82, 2.24) is 19.6 Å². The van der Waals surface area contributed by atoms with E-state index in [9.17, 15) is 4.79 Å². The van der Waals surface area contributed by atoms with Crippen LogP contribution in [0.3, 0.4) is 0 Å². The molecule has 1 fully saturated rings. The number of pyridine rings is 1. The van der Waals surface area contributed by atoms with Gasteiger partial charge in [0, 0.05) is 35.6 Å². The second-order valence-electron chi connectivity index (χ2n) is 12.0. The average molecular weight is 712 g/mol. The highest BCUT2D eigenvalue weighted by Gasteiger charge is 2.19. The number of fused-ring (bicyclic) bond motifs is 1. The number of ether oxygens (including phenoxy) is 3. The zero-order valence-electron chi connectivity index (χ0n) is 27.0. The van der Waals surface area contributed by atoms with E-state index in [4.69, 9.17) is 30.8 Å². The number of rotatable bonds is 15. The van der Waals surface area contributed by atoms with E-state index in [2.05, 4.69) is 43.5 Å². The van der Waals surface area contributed by atoms with Crippen molar-refractivity contribution in [2.75, 3.05) is 40.5 Å². The Kier molecular flexibility index (Phi) is 12.2. The van der Waals surface area contributed by atoms with Gasteiger partial charge in [0.25, 0.3) is 0 Å². The van der Waals surface area contributed by atoms with E-state index in [1.54, 1.807) is 14.2 Å². The molecule has 1 aliphatic heterocycles. The second-order valence-corrected chi connectivity index (χ2v) is 13.3. The molecule has 1 aliphatic rings. The van der Waals surface area contributed by atoms with E-state index in [0.717, 1.165) is 70.9 Å². The summed E-state index contributed by atoms with van der Waals surface area (Å²) >= 11 is 10.4. The minimum Gasteiger partial charge on any atom is -0.496 e. The molecule has 5 rings (SSSR count). The lowest BCUT2D eigenvalue weighted by atomic mass is 9.96. The standard InChI is InChI=1S/C36H44BrClN4O4/c1-25(21-26-11-13-32(45-3)36(35(26)38)46-20-19-41-16-6-4-7-17-41)10-15-34(43)39-24-29-30(42-18-8-5-9-33(42)40-29)23-27-22-28(37)12-14-31(27)44-2/h5,8-9,11-14,18,22,25H,4,6-7,10,15-17,19-21,23-24H2,1-3H3,(H,39,43). The molecule has 0 aliphatic carbocycles. The fourth-order valence-corrected chi connectivity index (χ4v) is 6.80. The molecule has 8 nitrogen and oxygen atoms in total. The number of nitrogens with one attached hydrogen (secondary N) is 1. The maximum Gasteiger partial charge on any atom is 0.220 e. The zero-order valence-corrected chi connectivity index (χ0v) is 29.3. The van der Waals surface area contributed by atoms with Gasteiger partial charge < -0.3 is 23.9 Å². The molecule has 0 radical (unpaired) electrons. The first-order valence-corrected chi connectivity index (χ1v) is 17.3. The highest BCUT2D eigenvalue weighted by Crippen LogP contribution is 2.39. The molecular formula is C36H44BrClN4O4. The van der Waals surface area contributed by atoms with Crippen LogP contribution >= 0.6 is 27.5 Å². The van der Waals surface area contributed by atoms with Crippen LogP contribution in [0.15, 0.2) is 59.2 Å². The highest BCUT2D eigenvalue weighted by molar-refractivity contribution is 9.10. The first-order valence-electron chi connectivity index (χ1n) is 16.1. The van der Waals surface area contributed by atoms with Gasteiger partial charge in [-0.25, -0.2) is 4.98 Å². The maximum absolute atomic E-state index is 13.0. The minimum absolute atomic E-state index is 0.00236. The Morgan fingerprint density at radius 2 is 1.83 bits per heavy atom. The lowest BCUT2D eigenvalue weighted by Crippen LogP contribution is -2.33. The van der Waals surface area contributed by atoms with Crippen LogP contribution in [0.25, 0.3) is 5.65 Å². The van der Waals surface area contributed by atoms with Crippen LogP contribution in [0.1, 0.15) is 61.5 Å². The maximum atomic E-state index is 13.0. The van der Waals surface area contributed by atoms with Crippen LogP contribution in [-0.4, -0.2) is 60.7 Å². The largest absolute Gasteiger partial charge is 0.496 e. The van der Waals surface area contributed by atoms with Gasteiger partial charge in [-0.3, -0.25) is 9.69 Å². The number of piperidine rings is 1. The van der Waals surface area contributed by atoms with Crippen molar-refractivity contribution in [2.24, 2.45) is 5.92 Å². The predicted octanol–water partition coefficient (Wildman–Crippen LogP) is 7.50. The first-order chi connectivity index (χ1) is 22.4.